The zero-order chi connectivity index (χ0) is 14.7. The lowest BCUT2D eigenvalue weighted by atomic mass is 10.1. The molecule has 2 rings (SSSR count). The third kappa shape index (κ3) is 2.81. The molecule has 1 heterocycles. The van der Waals surface area contributed by atoms with Crippen LogP contribution in [0.3, 0.4) is 0 Å². The molecule has 6 heteroatoms. The molecular formula is C14H17BrN2O3. The minimum absolute atomic E-state index is 0.143. The van der Waals surface area contributed by atoms with E-state index in [2.05, 4.69) is 21.1 Å². The predicted octanol–water partition coefficient (Wildman–Crippen LogP) is 3.53. The fourth-order valence-electron chi connectivity index (χ4n) is 1.84. The molecule has 0 saturated heterocycles. The molecule has 1 unspecified atom stereocenters. The Morgan fingerprint density at radius 3 is 2.50 bits per heavy atom. The zero-order valence-corrected chi connectivity index (χ0v) is 13.2. The maximum Gasteiger partial charge on any atom is 0.161 e. The first kappa shape index (κ1) is 14.9. The Kier molecular flexibility index (Phi) is 4.67. The van der Waals surface area contributed by atoms with Crippen molar-refractivity contribution in [1.82, 2.24) is 5.16 Å². The summed E-state index contributed by atoms with van der Waals surface area (Å²) >= 11 is 3.50. The van der Waals surface area contributed by atoms with Crippen molar-refractivity contribution >= 4 is 15.9 Å². The summed E-state index contributed by atoms with van der Waals surface area (Å²) in [7, 11) is 3.19. The summed E-state index contributed by atoms with van der Waals surface area (Å²) in [4.78, 5) is 0. The first-order valence-corrected chi connectivity index (χ1v) is 7.04. The zero-order valence-electron chi connectivity index (χ0n) is 11.6. The molecule has 1 atom stereocenters. The lowest BCUT2D eigenvalue weighted by Gasteiger charge is -2.10. The van der Waals surface area contributed by atoms with Gasteiger partial charge in [-0.15, -0.1) is 0 Å². The molecular weight excluding hydrogens is 324 g/mol. The van der Waals surface area contributed by atoms with E-state index >= 15 is 0 Å². The first-order chi connectivity index (χ1) is 9.60. The second kappa shape index (κ2) is 6.28. The Balaban J connectivity index is 2.44. The molecule has 0 bridgehead atoms. The van der Waals surface area contributed by atoms with E-state index in [1.165, 1.54) is 0 Å². The van der Waals surface area contributed by atoms with Gasteiger partial charge in [0.15, 0.2) is 17.3 Å². The van der Waals surface area contributed by atoms with Gasteiger partial charge >= 0.3 is 0 Å². The van der Waals surface area contributed by atoms with Crippen LogP contribution in [0.4, 0.5) is 0 Å². The average Bonchev–Trinajstić information content (AvgIpc) is 2.95. The molecule has 0 aliphatic heterocycles. The minimum Gasteiger partial charge on any atom is -0.493 e. The van der Waals surface area contributed by atoms with E-state index in [1.807, 2.05) is 25.1 Å². The average molecular weight is 341 g/mol. The summed E-state index contributed by atoms with van der Waals surface area (Å²) in [6.45, 7) is 2.00. The molecule has 0 spiro atoms. The maximum absolute atomic E-state index is 5.94. The summed E-state index contributed by atoms with van der Waals surface area (Å²) in [6, 6.07) is 5.39. The fourth-order valence-corrected chi connectivity index (χ4v) is 2.37. The Morgan fingerprint density at radius 1 is 1.25 bits per heavy atom. The smallest absolute Gasteiger partial charge is 0.161 e. The van der Waals surface area contributed by atoms with Crippen LogP contribution in [0.1, 0.15) is 25.1 Å². The van der Waals surface area contributed by atoms with Crippen LogP contribution < -0.4 is 15.2 Å². The molecule has 20 heavy (non-hydrogen) atoms. The van der Waals surface area contributed by atoms with Gasteiger partial charge in [-0.05, 0) is 34.5 Å². The molecule has 1 aromatic carbocycles. The fraction of sp³-hybridized carbons (Fsp3) is 0.357. The second-order valence-corrected chi connectivity index (χ2v) is 5.17. The van der Waals surface area contributed by atoms with Crippen LogP contribution in [-0.4, -0.2) is 19.4 Å². The van der Waals surface area contributed by atoms with Gasteiger partial charge in [0, 0.05) is 16.1 Å². The molecule has 2 aromatic rings. The van der Waals surface area contributed by atoms with Crippen LogP contribution >= 0.6 is 15.9 Å². The molecule has 0 amide bonds. The lowest BCUT2D eigenvalue weighted by Crippen LogP contribution is -2.06. The van der Waals surface area contributed by atoms with Crippen molar-refractivity contribution in [3.05, 3.63) is 28.4 Å². The van der Waals surface area contributed by atoms with Crippen molar-refractivity contribution in [2.45, 2.75) is 19.4 Å². The summed E-state index contributed by atoms with van der Waals surface area (Å²) in [6.07, 6.45) is 0.793. The number of halogens is 1. The van der Waals surface area contributed by atoms with Gasteiger partial charge in [0.05, 0.1) is 20.3 Å². The number of hydrogen-bond acceptors (Lipinski definition) is 5. The summed E-state index contributed by atoms with van der Waals surface area (Å²) < 4.78 is 16.7. The van der Waals surface area contributed by atoms with Crippen molar-refractivity contribution < 1.29 is 14.0 Å². The number of ether oxygens (including phenoxy) is 2. The van der Waals surface area contributed by atoms with Crippen LogP contribution in [0.25, 0.3) is 11.3 Å². The van der Waals surface area contributed by atoms with E-state index in [-0.39, 0.29) is 6.04 Å². The van der Waals surface area contributed by atoms with Crippen LogP contribution in [-0.2, 0) is 0 Å². The molecule has 0 saturated carbocycles. The second-order valence-electron chi connectivity index (χ2n) is 4.32. The van der Waals surface area contributed by atoms with E-state index in [0.717, 1.165) is 16.5 Å². The molecule has 0 radical (unpaired) electrons. The highest BCUT2D eigenvalue weighted by Crippen LogP contribution is 2.38. The van der Waals surface area contributed by atoms with Gasteiger partial charge in [0.1, 0.15) is 5.69 Å². The molecule has 2 N–H and O–H groups in total. The minimum atomic E-state index is -0.143. The number of nitrogens with two attached hydrogens (primary N) is 1. The number of nitrogens with zero attached hydrogens (tertiary/aromatic N) is 1. The Morgan fingerprint density at radius 2 is 1.90 bits per heavy atom. The number of hydrogen-bond donors (Lipinski definition) is 1. The van der Waals surface area contributed by atoms with E-state index in [9.17, 15) is 0 Å². The third-order valence-electron chi connectivity index (χ3n) is 3.08. The van der Waals surface area contributed by atoms with Gasteiger partial charge in [0.2, 0.25) is 0 Å². The van der Waals surface area contributed by atoms with Gasteiger partial charge in [-0.1, -0.05) is 12.1 Å². The molecule has 0 aliphatic rings. The lowest BCUT2D eigenvalue weighted by molar-refractivity contribution is 0.354. The predicted molar refractivity (Wildman–Crippen MR) is 80.0 cm³/mol. The van der Waals surface area contributed by atoms with Crippen molar-refractivity contribution in [1.29, 1.82) is 0 Å². The van der Waals surface area contributed by atoms with E-state index in [4.69, 9.17) is 19.7 Å². The van der Waals surface area contributed by atoms with E-state index in [0.29, 0.717) is 23.0 Å². The Labute approximate surface area is 126 Å². The number of aromatic nitrogens is 1. The SMILES string of the molecule is CCC(N)c1cc(-c2cc(OC)c(OC)cc2Br)no1. The normalized spacial score (nSPS) is 12.2. The van der Waals surface area contributed by atoms with Crippen LogP contribution in [0.15, 0.2) is 27.2 Å². The van der Waals surface area contributed by atoms with Crippen LogP contribution in [0.2, 0.25) is 0 Å². The van der Waals surface area contributed by atoms with Crippen molar-refractivity contribution in [3.8, 4) is 22.8 Å². The highest BCUT2D eigenvalue weighted by atomic mass is 79.9. The largest absolute Gasteiger partial charge is 0.493 e. The van der Waals surface area contributed by atoms with E-state index in [1.54, 1.807) is 14.2 Å². The monoisotopic (exact) mass is 340 g/mol. The summed E-state index contributed by atoms with van der Waals surface area (Å²) in [5.74, 6) is 1.95. The number of benzene rings is 1. The third-order valence-corrected chi connectivity index (χ3v) is 3.74. The highest BCUT2D eigenvalue weighted by Gasteiger charge is 2.16. The number of rotatable bonds is 5. The molecule has 0 fully saturated rings. The quantitative estimate of drug-likeness (QED) is 0.901. The molecule has 108 valence electrons. The standard InChI is InChI=1S/C14H17BrN2O3/c1-4-10(16)12-7-11(17-20-12)8-5-13(18-2)14(19-3)6-9(8)15/h5-7,10H,4,16H2,1-3H3. The Bertz CT molecular complexity index is 598. The molecule has 1 aromatic heterocycles. The van der Waals surface area contributed by atoms with Crippen molar-refractivity contribution in [2.24, 2.45) is 5.73 Å². The van der Waals surface area contributed by atoms with Gasteiger partial charge < -0.3 is 19.7 Å². The van der Waals surface area contributed by atoms with Gasteiger partial charge in [-0.25, -0.2) is 0 Å². The van der Waals surface area contributed by atoms with Crippen molar-refractivity contribution in [2.75, 3.05) is 14.2 Å². The van der Waals surface area contributed by atoms with Crippen LogP contribution in [0, 0.1) is 0 Å². The Hall–Kier alpha value is -1.53. The van der Waals surface area contributed by atoms with Gasteiger partial charge in [-0.2, -0.15) is 0 Å². The van der Waals surface area contributed by atoms with Crippen molar-refractivity contribution in [3.63, 3.8) is 0 Å². The first-order valence-electron chi connectivity index (χ1n) is 6.24. The molecule has 5 nitrogen and oxygen atoms in total. The van der Waals surface area contributed by atoms with E-state index < -0.39 is 0 Å². The number of methoxy groups -OCH3 is 2. The molecule has 0 aliphatic carbocycles. The highest BCUT2D eigenvalue weighted by molar-refractivity contribution is 9.10. The topological polar surface area (TPSA) is 70.5 Å². The summed E-state index contributed by atoms with van der Waals surface area (Å²) in [5, 5.41) is 4.07. The maximum atomic E-state index is 5.94. The van der Waals surface area contributed by atoms with Gasteiger partial charge in [0.25, 0.3) is 0 Å². The van der Waals surface area contributed by atoms with Gasteiger partial charge in [-0.3, -0.25) is 0 Å². The van der Waals surface area contributed by atoms with Crippen LogP contribution in [0.5, 0.6) is 11.5 Å². The summed E-state index contributed by atoms with van der Waals surface area (Å²) in [5.41, 5.74) is 7.50.